The Labute approximate surface area is 188 Å². The van der Waals surface area contributed by atoms with Gasteiger partial charge in [-0.1, -0.05) is 64.1 Å². The topological polar surface area (TPSA) is 61.8 Å². The molecule has 6 heteroatoms. The number of ether oxygens (including phenoxy) is 3. The Balaban J connectivity index is 1.69. The molecular weight excluding hydrogens is 412 g/mol. The molecule has 0 aromatic heterocycles. The van der Waals surface area contributed by atoms with Gasteiger partial charge < -0.3 is 14.2 Å². The van der Waals surface area contributed by atoms with Gasteiger partial charge in [0.25, 0.3) is 0 Å². The second-order valence-corrected chi connectivity index (χ2v) is 9.83. The molecule has 1 fully saturated rings. The first kappa shape index (κ1) is 23.4. The molecule has 1 aliphatic heterocycles. The van der Waals surface area contributed by atoms with E-state index in [1.165, 1.54) is 0 Å². The minimum Gasteiger partial charge on any atom is -0.459 e. The molecule has 166 valence electrons. The van der Waals surface area contributed by atoms with Crippen molar-refractivity contribution in [2.75, 3.05) is 6.61 Å². The van der Waals surface area contributed by atoms with Crippen LogP contribution in [0.4, 0.5) is 0 Å². The molecular formula is C25H30O5S. The largest absolute Gasteiger partial charge is 0.459 e. The lowest BCUT2D eigenvalue weighted by Gasteiger charge is -2.44. The monoisotopic (exact) mass is 442 g/mol. The minimum atomic E-state index is -0.392. The van der Waals surface area contributed by atoms with E-state index < -0.39 is 6.10 Å². The molecule has 0 radical (unpaired) electrons. The SMILES string of the molecule is CC(C)SC1OC(COC(=O)c2ccccc2)C(C)C(C)C1OC(=O)c1ccccc1. The van der Waals surface area contributed by atoms with Crippen molar-refractivity contribution in [1.82, 2.24) is 0 Å². The molecule has 0 amide bonds. The highest BCUT2D eigenvalue weighted by atomic mass is 32.2. The summed E-state index contributed by atoms with van der Waals surface area (Å²) in [5.41, 5.74) is 0.704. The Hall–Kier alpha value is -2.31. The number of hydrogen-bond acceptors (Lipinski definition) is 6. The summed E-state index contributed by atoms with van der Waals surface area (Å²) in [4.78, 5) is 25.0. The van der Waals surface area contributed by atoms with Crippen LogP contribution >= 0.6 is 11.8 Å². The molecule has 0 spiro atoms. The maximum absolute atomic E-state index is 12.7. The zero-order valence-corrected chi connectivity index (χ0v) is 19.2. The van der Waals surface area contributed by atoms with Gasteiger partial charge in [0.2, 0.25) is 0 Å². The standard InChI is InChI=1S/C25H30O5S/c1-16(2)31-25-22(30-24(27)20-13-9-6-10-14-20)18(4)17(3)21(29-25)15-28-23(26)19-11-7-5-8-12-19/h5-14,16-18,21-22,25H,15H2,1-4H3. The van der Waals surface area contributed by atoms with Gasteiger partial charge in [-0.2, -0.15) is 0 Å². The van der Waals surface area contributed by atoms with Crippen molar-refractivity contribution >= 4 is 23.7 Å². The van der Waals surface area contributed by atoms with Crippen LogP contribution in [0, 0.1) is 11.8 Å². The molecule has 1 heterocycles. The molecule has 1 aliphatic rings. The van der Waals surface area contributed by atoms with E-state index in [0.29, 0.717) is 11.1 Å². The van der Waals surface area contributed by atoms with E-state index in [9.17, 15) is 9.59 Å². The Morgan fingerprint density at radius 3 is 2.00 bits per heavy atom. The van der Waals surface area contributed by atoms with Crippen LogP contribution in [0.25, 0.3) is 0 Å². The highest BCUT2D eigenvalue weighted by Gasteiger charge is 2.44. The Morgan fingerprint density at radius 2 is 1.45 bits per heavy atom. The fourth-order valence-electron chi connectivity index (χ4n) is 3.57. The van der Waals surface area contributed by atoms with Gasteiger partial charge in [0.15, 0.2) is 0 Å². The third-order valence-electron chi connectivity index (χ3n) is 5.56. The number of thioether (sulfide) groups is 1. The molecule has 2 aromatic rings. The van der Waals surface area contributed by atoms with Gasteiger partial charge in [-0.3, -0.25) is 0 Å². The normalized spacial score (nSPS) is 25.8. The van der Waals surface area contributed by atoms with Gasteiger partial charge in [-0.05, 0) is 30.2 Å². The summed E-state index contributed by atoms with van der Waals surface area (Å²) in [5, 5.41) is 0.288. The van der Waals surface area contributed by atoms with Crippen LogP contribution in [0.2, 0.25) is 0 Å². The molecule has 5 atom stereocenters. The quantitative estimate of drug-likeness (QED) is 0.549. The highest BCUT2D eigenvalue weighted by Crippen LogP contribution is 2.39. The van der Waals surface area contributed by atoms with Gasteiger partial charge in [0.1, 0.15) is 18.1 Å². The third-order valence-corrected chi connectivity index (χ3v) is 6.75. The lowest BCUT2D eigenvalue weighted by Crippen LogP contribution is -2.51. The lowest BCUT2D eigenvalue weighted by molar-refractivity contribution is -0.149. The Kier molecular flexibility index (Phi) is 8.15. The summed E-state index contributed by atoms with van der Waals surface area (Å²) in [7, 11) is 0. The van der Waals surface area contributed by atoms with Crippen LogP contribution < -0.4 is 0 Å². The second-order valence-electron chi connectivity index (χ2n) is 8.15. The smallest absolute Gasteiger partial charge is 0.338 e. The molecule has 0 saturated carbocycles. The minimum absolute atomic E-state index is 0.0399. The van der Waals surface area contributed by atoms with E-state index in [4.69, 9.17) is 14.2 Å². The number of carbonyl (C=O) groups excluding carboxylic acids is 2. The fraction of sp³-hybridized carbons (Fsp3) is 0.440. The average molecular weight is 443 g/mol. The van der Waals surface area contributed by atoms with Crippen LogP contribution in [-0.4, -0.2) is 41.4 Å². The van der Waals surface area contributed by atoms with Crippen molar-refractivity contribution < 1.29 is 23.8 Å². The molecule has 0 bridgehead atoms. The van der Waals surface area contributed by atoms with Gasteiger partial charge in [0.05, 0.1) is 17.2 Å². The van der Waals surface area contributed by atoms with E-state index in [0.717, 1.165) is 0 Å². The van der Waals surface area contributed by atoms with Gasteiger partial charge >= 0.3 is 11.9 Å². The van der Waals surface area contributed by atoms with Crippen LogP contribution in [-0.2, 0) is 14.2 Å². The maximum Gasteiger partial charge on any atom is 0.338 e. The number of hydrogen-bond donors (Lipinski definition) is 0. The van der Waals surface area contributed by atoms with Crippen LogP contribution in [0.1, 0.15) is 48.4 Å². The van der Waals surface area contributed by atoms with Gasteiger partial charge in [-0.25, -0.2) is 9.59 Å². The zero-order chi connectivity index (χ0) is 22.4. The van der Waals surface area contributed by atoms with E-state index in [1.54, 1.807) is 48.2 Å². The molecule has 2 aromatic carbocycles. The number of esters is 2. The van der Waals surface area contributed by atoms with Crippen LogP contribution in [0.3, 0.4) is 0 Å². The van der Waals surface area contributed by atoms with Crippen molar-refractivity contribution in [1.29, 1.82) is 0 Å². The molecule has 31 heavy (non-hydrogen) atoms. The first-order valence-corrected chi connectivity index (χ1v) is 11.6. The Morgan fingerprint density at radius 1 is 0.903 bits per heavy atom. The van der Waals surface area contributed by atoms with Gasteiger partial charge in [-0.15, -0.1) is 11.8 Å². The van der Waals surface area contributed by atoms with Crippen molar-refractivity contribution in [3.05, 3.63) is 71.8 Å². The van der Waals surface area contributed by atoms with Crippen LogP contribution in [0.15, 0.2) is 60.7 Å². The molecule has 5 nitrogen and oxygen atoms in total. The highest BCUT2D eigenvalue weighted by molar-refractivity contribution is 8.00. The molecule has 5 unspecified atom stereocenters. The fourth-order valence-corrected chi connectivity index (χ4v) is 4.77. The lowest BCUT2D eigenvalue weighted by atomic mass is 9.84. The molecule has 0 aliphatic carbocycles. The average Bonchev–Trinajstić information content (AvgIpc) is 2.78. The summed E-state index contributed by atoms with van der Waals surface area (Å²) >= 11 is 1.62. The molecule has 1 saturated heterocycles. The second kappa shape index (κ2) is 10.8. The zero-order valence-electron chi connectivity index (χ0n) is 18.4. The summed E-state index contributed by atoms with van der Waals surface area (Å²) in [6, 6.07) is 17.9. The summed E-state index contributed by atoms with van der Waals surface area (Å²) in [6.07, 6.45) is -0.665. The first-order valence-electron chi connectivity index (χ1n) is 10.7. The van der Waals surface area contributed by atoms with E-state index in [-0.39, 0.29) is 47.2 Å². The van der Waals surface area contributed by atoms with Crippen molar-refractivity contribution in [3.63, 3.8) is 0 Å². The van der Waals surface area contributed by atoms with E-state index in [2.05, 4.69) is 20.8 Å². The van der Waals surface area contributed by atoms with Gasteiger partial charge in [0, 0.05) is 11.2 Å². The van der Waals surface area contributed by atoms with Crippen molar-refractivity contribution in [2.24, 2.45) is 11.8 Å². The predicted octanol–water partition coefficient (Wildman–Crippen LogP) is 5.21. The van der Waals surface area contributed by atoms with Crippen LogP contribution in [0.5, 0.6) is 0 Å². The van der Waals surface area contributed by atoms with E-state index in [1.807, 2.05) is 31.2 Å². The summed E-state index contributed by atoms with van der Waals surface area (Å²) < 4.78 is 17.8. The number of benzene rings is 2. The van der Waals surface area contributed by atoms with Crippen molar-refractivity contribution in [3.8, 4) is 0 Å². The summed E-state index contributed by atoms with van der Waals surface area (Å²) in [5.74, 6) is -0.634. The first-order chi connectivity index (χ1) is 14.9. The van der Waals surface area contributed by atoms with Crippen molar-refractivity contribution in [2.45, 2.75) is 50.6 Å². The molecule has 3 rings (SSSR count). The summed E-state index contributed by atoms with van der Waals surface area (Å²) in [6.45, 7) is 8.43. The maximum atomic E-state index is 12.7. The third kappa shape index (κ3) is 6.11. The molecule has 0 N–H and O–H groups in total. The Bertz CT molecular complexity index is 853. The number of rotatable bonds is 7. The predicted molar refractivity (Wildman–Crippen MR) is 122 cm³/mol. The van der Waals surface area contributed by atoms with E-state index >= 15 is 0 Å². The number of carbonyl (C=O) groups is 2.